The Morgan fingerprint density at radius 3 is 2.36 bits per heavy atom. The highest BCUT2D eigenvalue weighted by atomic mass is 32.2. The standard InChI is InChI=1S/C20H18FNO5S/c1-11-5-4-6-15(21)14(11)10-27-12-7-16(25-2)13(17(8-12)26-3)9-18-19(23)22-20(24)28-18/h4-9H,10H2,1-3H3,(H,22,23,24)/b18-9-. The van der Waals surface area contributed by atoms with Gasteiger partial charge in [-0.25, -0.2) is 4.39 Å². The van der Waals surface area contributed by atoms with Crippen LogP contribution < -0.4 is 19.5 Å². The molecule has 0 atom stereocenters. The quantitative estimate of drug-likeness (QED) is 0.734. The van der Waals surface area contributed by atoms with Crippen molar-refractivity contribution in [3.8, 4) is 17.2 Å². The van der Waals surface area contributed by atoms with Gasteiger partial charge in [-0.15, -0.1) is 0 Å². The number of aryl methyl sites for hydroxylation is 1. The Morgan fingerprint density at radius 1 is 1.14 bits per heavy atom. The molecule has 0 saturated carbocycles. The molecule has 1 heterocycles. The highest BCUT2D eigenvalue weighted by Crippen LogP contribution is 2.38. The van der Waals surface area contributed by atoms with Crippen molar-refractivity contribution < 1.29 is 28.2 Å². The summed E-state index contributed by atoms with van der Waals surface area (Å²) in [5.41, 5.74) is 1.74. The lowest BCUT2D eigenvalue weighted by atomic mass is 10.1. The van der Waals surface area contributed by atoms with Crippen LogP contribution in [-0.4, -0.2) is 25.4 Å². The van der Waals surface area contributed by atoms with Crippen molar-refractivity contribution in [3.63, 3.8) is 0 Å². The Labute approximate surface area is 165 Å². The van der Waals surface area contributed by atoms with Crippen molar-refractivity contribution in [1.29, 1.82) is 0 Å². The molecule has 2 aromatic rings. The third-order valence-corrected chi connectivity index (χ3v) is 4.98. The van der Waals surface area contributed by atoms with Gasteiger partial charge in [-0.2, -0.15) is 0 Å². The second-order valence-corrected chi connectivity index (χ2v) is 6.93. The topological polar surface area (TPSA) is 73.9 Å². The number of ether oxygens (including phenoxy) is 3. The van der Waals surface area contributed by atoms with E-state index in [0.29, 0.717) is 28.4 Å². The third-order valence-electron chi connectivity index (χ3n) is 4.17. The first-order valence-corrected chi connectivity index (χ1v) is 9.12. The Hall–Kier alpha value is -3.00. The number of carbonyl (C=O) groups is 2. The summed E-state index contributed by atoms with van der Waals surface area (Å²) in [4.78, 5) is 23.4. The molecule has 3 rings (SSSR count). The molecule has 1 aliphatic heterocycles. The predicted molar refractivity (Wildman–Crippen MR) is 104 cm³/mol. The summed E-state index contributed by atoms with van der Waals surface area (Å²) in [7, 11) is 2.93. The van der Waals surface area contributed by atoms with Gasteiger partial charge in [0.05, 0.1) is 24.7 Å². The van der Waals surface area contributed by atoms with Crippen LogP contribution >= 0.6 is 11.8 Å². The fraction of sp³-hybridized carbons (Fsp3) is 0.200. The second-order valence-electron chi connectivity index (χ2n) is 5.92. The Balaban J connectivity index is 1.92. The van der Waals surface area contributed by atoms with Crippen molar-refractivity contribution >= 4 is 29.0 Å². The van der Waals surface area contributed by atoms with E-state index in [1.807, 2.05) is 13.0 Å². The van der Waals surface area contributed by atoms with E-state index in [-0.39, 0.29) is 17.3 Å². The molecule has 2 amide bonds. The van der Waals surface area contributed by atoms with Gasteiger partial charge in [0.2, 0.25) is 0 Å². The average molecular weight is 403 g/mol. The van der Waals surface area contributed by atoms with Crippen molar-refractivity contribution in [2.45, 2.75) is 13.5 Å². The molecule has 6 nitrogen and oxygen atoms in total. The molecule has 0 aliphatic carbocycles. The van der Waals surface area contributed by atoms with Gasteiger partial charge in [-0.3, -0.25) is 14.9 Å². The van der Waals surface area contributed by atoms with Crippen molar-refractivity contribution in [2.24, 2.45) is 0 Å². The number of imide groups is 1. The zero-order chi connectivity index (χ0) is 20.3. The van der Waals surface area contributed by atoms with Crippen molar-refractivity contribution in [3.05, 3.63) is 57.7 Å². The van der Waals surface area contributed by atoms with Crippen molar-refractivity contribution in [2.75, 3.05) is 14.2 Å². The number of rotatable bonds is 6. The molecule has 0 bridgehead atoms. The van der Waals surface area contributed by atoms with Gasteiger partial charge in [0, 0.05) is 17.7 Å². The van der Waals surface area contributed by atoms with Gasteiger partial charge in [-0.05, 0) is 36.4 Å². The molecule has 0 aromatic heterocycles. The maximum atomic E-state index is 14.0. The lowest BCUT2D eigenvalue weighted by Crippen LogP contribution is -2.17. The van der Waals surface area contributed by atoms with E-state index in [1.165, 1.54) is 26.4 Å². The molecular formula is C20H18FNO5S. The third kappa shape index (κ3) is 4.12. The van der Waals surface area contributed by atoms with Gasteiger partial charge in [0.25, 0.3) is 11.1 Å². The van der Waals surface area contributed by atoms with Crippen LogP contribution in [0.3, 0.4) is 0 Å². The van der Waals surface area contributed by atoms with Crippen LogP contribution in [-0.2, 0) is 11.4 Å². The van der Waals surface area contributed by atoms with Crippen LogP contribution in [0.2, 0.25) is 0 Å². The van der Waals surface area contributed by atoms with Crippen LogP contribution in [0.15, 0.2) is 35.2 Å². The molecule has 28 heavy (non-hydrogen) atoms. The van der Waals surface area contributed by atoms with E-state index in [9.17, 15) is 14.0 Å². The first-order valence-electron chi connectivity index (χ1n) is 8.30. The Kier molecular flexibility index (Phi) is 5.89. The minimum atomic E-state index is -0.477. The average Bonchev–Trinajstić information content (AvgIpc) is 2.98. The van der Waals surface area contributed by atoms with E-state index in [4.69, 9.17) is 14.2 Å². The summed E-state index contributed by atoms with van der Waals surface area (Å²) in [5.74, 6) is 0.376. The first kappa shape index (κ1) is 19.8. The number of thioether (sulfide) groups is 1. The number of nitrogens with one attached hydrogen (secondary N) is 1. The number of carbonyl (C=O) groups excluding carboxylic acids is 2. The number of amides is 2. The first-order chi connectivity index (χ1) is 13.4. The van der Waals surface area contributed by atoms with E-state index >= 15 is 0 Å². The number of benzene rings is 2. The molecule has 0 spiro atoms. The summed E-state index contributed by atoms with van der Waals surface area (Å²) in [5, 5.41) is 1.76. The van der Waals surface area contributed by atoms with Crippen LogP contribution in [0.1, 0.15) is 16.7 Å². The van der Waals surface area contributed by atoms with Crippen LogP contribution in [0.4, 0.5) is 9.18 Å². The van der Waals surface area contributed by atoms with Crippen LogP contribution in [0.5, 0.6) is 17.2 Å². The fourth-order valence-corrected chi connectivity index (χ4v) is 3.36. The minimum absolute atomic E-state index is 0.0397. The van der Waals surface area contributed by atoms with E-state index in [0.717, 1.165) is 17.3 Å². The Bertz CT molecular complexity index is 928. The lowest BCUT2D eigenvalue weighted by molar-refractivity contribution is -0.115. The summed E-state index contributed by atoms with van der Waals surface area (Å²) >= 11 is 0.799. The molecule has 2 aromatic carbocycles. The summed E-state index contributed by atoms with van der Waals surface area (Å²) in [6.07, 6.45) is 1.52. The molecule has 146 valence electrons. The summed E-state index contributed by atoms with van der Waals surface area (Å²) in [6, 6.07) is 8.07. The maximum absolute atomic E-state index is 14.0. The molecule has 0 unspecified atom stereocenters. The van der Waals surface area contributed by atoms with Crippen molar-refractivity contribution in [1.82, 2.24) is 5.32 Å². The summed E-state index contributed by atoms with van der Waals surface area (Å²) < 4.78 is 30.5. The van der Waals surface area contributed by atoms with E-state index in [1.54, 1.807) is 18.2 Å². The zero-order valence-electron chi connectivity index (χ0n) is 15.5. The molecule has 1 fully saturated rings. The van der Waals surface area contributed by atoms with Gasteiger partial charge >= 0.3 is 0 Å². The number of methoxy groups -OCH3 is 2. The van der Waals surface area contributed by atoms with Gasteiger partial charge in [0.1, 0.15) is 29.7 Å². The largest absolute Gasteiger partial charge is 0.496 e. The molecule has 1 N–H and O–H groups in total. The maximum Gasteiger partial charge on any atom is 0.290 e. The monoisotopic (exact) mass is 403 g/mol. The second kappa shape index (κ2) is 8.35. The lowest BCUT2D eigenvalue weighted by Gasteiger charge is -2.15. The van der Waals surface area contributed by atoms with Crippen LogP contribution in [0, 0.1) is 12.7 Å². The molecule has 1 aliphatic rings. The van der Waals surface area contributed by atoms with Crippen LogP contribution in [0.25, 0.3) is 6.08 Å². The van der Waals surface area contributed by atoms with Gasteiger partial charge < -0.3 is 14.2 Å². The van der Waals surface area contributed by atoms with E-state index in [2.05, 4.69) is 5.32 Å². The number of hydrogen-bond acceptors (Lipinski definition) is 6. The number of halogens is 1. The highest BCUT2D eigenvalue weighted by Gasteiger charge is 2.26. The fourth-order valence-electron chi connectivity index (χ4n) is 2.70. The molecule has 8 heteroatoms. The minimum Gasteiger partial charge on any atom is -0.496 e. The Morgan fingerprint density at radius 2 is 1.82 bits per heavy atom. The smallest absolute Gasteiger partial charge is 0.290 e. The molecule has 1 saturated heterocycles. The highest BCUT2D eigenvalue weighted by molar-refractivity contribution is 8.18. The van der Waals surface area contributed by atoms with Gasteiger partial charge in [-0.1, -0.05) is 12.1 Å². The number of hydrogen-bond donors (Lipinski definition) is 1. The normalized spacial score (nSPS) is 14.9. The summed E-state index contributed by atoms with van der Waals surface area (Å²) in [6.45, 7) is 1.85. The zero-order valence-corrected chi connectivity index (χ0v) is 16.3. The van der Waals surface area contributed by atoms with Gasteiger partial charge in [0.15, 0.2) is 0 Å². The SMILES string of the molecule is COc1cc(OCc2c(C)cccc2F)cc(OC)c1/C=C1\SC(=O)NC1=O. The predicted octanol–water partition coefficient (Wildman–Crippen LogP) is 4.05. The molecule has 0 radical (unpaired) electrons. The molecular weight excluding hydrogens is 385 g/mol. The van der Waals surface area contributed by atoms with E-state index < -0.39 is 11.1 Å².